The largest absolute Gasteiger partial charge is 0.283 e. The first-order chi connectivity index (χ1) is 12.0. The molecule has 0 fully saturated rings. The van der Waals surface area contributed by atoms with Crippen LogP contribution in [0, 0.1) is 0 Å². The molecule has 4 rings (SSSR count). The summed E-state index contributed by atoms with van der Waals surface area (Å²) in [5.41, 5.74) is 3.56. The van der Waals surface area contributed by atoms with Crippen LogP contribution in [0.25, 0.3) is 28.3 Å². The van der Waals surface area contributed by atoms with Crippen LogP contribution < -0.4 is 0 Å². The maximum absolute atomic E-state index is 11.7. The third-order valence-electron chi connectivity index (χ3n) is 4.01. The van der Waals surface area contributed by atoms with Gasteiger partial charge in [0.05, 0.1) is 16.3 Å². The van der Waals surface area contributed by atoms with Crippen molar-refractivity contribution >= 4 is 15.6 Å². The van der Waals surface area contributed by atoms with E-state index in [1.54, 1.807) is 30.5 Å². The van der Waals surface area contributed by atoms with Crippen molar-refractivity contribution < 1.29 is 8.42 Å². The first-order valence-electron chi connectivity index (χ1n) is 7.73. The number of benzene rings is 2. The second-order valence-corrected chi connectivity index (χ2v) is 7.78. The highest BCUT2D eigenvalue weighted by Gasteiger charge is 2.17. The second-order valence-electron chi connectivity index (χ2n) is 5.76. The fraction of sp³-hybridized carbons (Fsp3) is 0.0526. The minimum absolute atomic E-state index is 0.296. The van der Waals surface area contributed by atoms with E-state index >= 15 is 0 Å². The topological polar surface area (TPSA) is 64.3 Å². The Morgan fingerprint density at radius 3 is 2.28 bits per heavy atom. The summed E-state index contributed by atoms with van der Waals surface area (Å²) in [6.07, 6.45) is 4.81. The van der Waals surface area contributed by atoms with Gasteiger partial charge >= 0.3 is 0 Å². The van der Waals surface area contributed by atoms with E-state index in [1.165, 1.54) is 6.26 Å². The molecule has 2 heterocycles. The van der Waals surface area contributed by atoms with Gasteiger partial charge in [-0.1, -0.05) is 42.5 Å². The van der Waals surface area contributed by atoms with Crippen LogP contribution in [-0.2, 0) is 9.84 Å². The zero-order chi connectivity index (χ0) is 17.4. The van der Waals surface area contributed by atoms with Crippen LogP contribution in [0.1, 0.15) is 0 Å². The van der Waals surface area contributed by atoms with E-state index in [1.807, 2.05) is 47.0 Å². The minimum atomic E-state index is -3.23. The first-order valence-corrected chi connectivity index (χ1v) is 9.62. The highest BCUT2D eigenvalue weighted by atomic mass is 32.2. The molecular formula is C19H15N3O2S. The minimum Gasteiger partial charge on any atom is -0.283 e. The lowest BCUT2D eigenvalue weighted by Crippen LogP contribution is -1.97. The second kappa shape index (κ2) is 5.82. The molecule has 4 aromatic rings. The summed E-state index contributed by atoms with van der Waals surface area (Å²) in [7, 11) is -3.23. The van der Waals surface area contributed by atoms with E-state index < -0.39 is 9.84 Å². The number of nitrogens with zero attached hydrogens (tertiary/aromatic N) is 3. The van der Waals surface area contributed by atoms with Gasteiger partial charge in [0.1, 0.15) is 0 Å². The van der Waals surface area contributed by atoms with Crippen molar-refractivity contribution in [2.75, 3.05) is 6.26 Å². The smallest absolute Gasteiger partial charge is 0.234 e. The van der Waals surface area contributed by atoms with Crippen LogP contribution in [0.3, 0.4) is 0 Å². The van der Waals surface area contributed by atoms with Crippen LogP contribution in [0.5, 0.6) is 0 Å². The molecule has 0 aliphatic heterocycles. The highest BCUT2D eigenvalue weighted by molar-refractivity contribution is 7.90. The van der Waals surface area contributed by atoms with Crippen LogP contribution in [-0.4, -0.2) is 29.0 Å². The Hall–Kier alpha value is -2.99. The standard InChI is InChI=1S/C19H15N3O2S/c1-25(23,24)16-10-8-15(9-11-16)18-17(14-6-3-2-4-7-14)21-19-20-12-5-13-22(18)19/h2-13H,1H3. The van der Waals surface area contributed by atoms with Gasteiger partial charge in [0, 0.05) is 29.8 Å². The molecule has 124 valence electrons. The number of imidazole rings is 1. The number of fused-ring (bicyclic) bond motifs is 1. The van der Waals surface area contributed by atoms with Crippen molar-refractivity contribution in [3.05, 3.63) is 73.1 Å². The van der Waals surface area contributed by atoms with E-state index in [4.69, 9.17) is 0 Å². The average Bonchev–Trinajstić information content (AvgIpc) is 3.01. The molecule has 0 unspecified atom stereocenters. The van der Waals surface area contributed by atoms with E-state index in [0.717, 1.165) is 22.5 Å². The molecule has 0 radical (unpaired) electrons. The lowest BCUT2D eigenvalue weighted by molar-refractivity contribution is 0.602. The third-order valence-corrected chi connectivity index (χ3v) is 5.14. The third kappa shape index (κ3) is 2.81. The first kappa shape index (κ1) is 15.5. The Bertz CT molecular complexity index is 1150. The van der Waals surface area contributed by atoms with Gasteiger partial charge < -0.3 is 0 Å². The maximum atomic E-state index is 11.7. The van der Waals surface area contributed by atoms with Gasteiger partial charge in [-0.25, -0.2) is 18.4 Å². The number of rotatable bonds is 3. The van der Waals surface area contributed by atoms with Crippen molar-refractivity contribution in [3.8, 4) is 22.5 Å². The van der Waals surface area contributed by atoms with Gasteiger partial charge in [0.2, 0.25) is 5.78 Å². The summed E-state index contributed by atoms with van der Waals surface area (Å²) in [5, 5.41) is 0. The molecule has 0 atom stereocenters. The molecule has 5 nitrogen and oxygen atoms in total. The van der Waals surface area contributed by atoms with Crippen molar-refractivity contribution in [3.63, 3.8) is 0 Å². The quantitative estimate of drug-likeness (QED) is 0.568. The molecule has 6 heteroatoms. The number of hydrogen-bond donors (Lipinski definition) is 0. The fourth-order valence-electron chi connectivity index (χ4n) is 2.82. The molecule has 2 aromatic heterocycles. The zero-order valence-electron chi connectivity index (χ0n) is 13.5. The Morgan fingerprint density at radius 1 is 0.880 bits per heavy atom. The molecule has 0 aliphatic carbocycles. The van der Waals surface area contributed by atoms with Gasteiger partial charge in [-0.05, 0) is 18.2 Å². The molecule has 0 bridgehead atoms. The van der Waals surface area contributed by atoms with Crippen molar-refractivity contribution in [1.29, 1.82) is 0 Å². The van der Waals surface area contributed by atoms with E-state index in [2.05, 4.69) is 9.97 Å². The molecular weight excluding hydrogens is 334 g/mol. The van der Waals surface area contributed by atoms with Crippen LogP contribution in [0.15, 0.2) is 78.0 Å². The molecule has 0 aliphatic rings. The summed E-state index contributed by atoms with van der Waals surface area (Å²) in [6.45, 7) is 0. The molecule has 25 heavy (non-hydrogen) atoms. The Labute approximate surface area is 145 Å². The van der Waals surface area contributed by atoms with Gasteiger partial charge in [-0.15, -0.1) is 0 Å². The number of hydrogen-bond acceptors (Lipinski definition) is 4. The highest BCUT2D eigenvalue weighted by Crippen LogP contribution is 2.32. The predicted octanol–water partition coefficient (Wildman–Crippen LogP) is 3.47. The molecule has 2 aromatic carbocycles. The van der Waals surface area contributed by atoms with Gasteiger partial charge in [0.25, 0.3) is 0 Å². The molecule has 0 amide bonds. The monoisotopic (exact) mass is 349 g/mol. The van der Waals surface area contributed by atoms with Gasteiger partial charge in [-0.2, -0.15) is 0 Å². The normalized spacial score (nSPS) is 11.7. The maximum Gasteiger partial charge on any atom is 0.234 e. The Morgan fingerprint density at radius 2 is 1.60 bits per heavy atom. The average molecular weight is 349 g/mol. The van der Waals surface area contributed by atoms with E-state index in [0.29, 0.717) is 10.7 Å². The summed E-state index contributed by atoms with van der Waals surface area (Å²) >= 11 is 0. The van der Waals surface area contributed by atoms with Gasteiger partial charge in [0.15, 0.2) is 9.84 Å². The summed E-state index contributed by atoms with van der Waals surface area (Å²) in [5.74, 6) is 0.601. The van der Waals surface area contributed by atoms with Crippen LogP contribution in [0.2, 0.25) is 0 Å². The molecule has 0 saturated carbocycles. The Kier molecular flexibility index (Phi) is 3.62. The Balaban J connectivity index is 1.97. The lowest BCUT2D eigenvalue weighted by Gasteiger charge is -2.06. The fourth-order valence-corrected chi connectivity index (χ4v) is 3.45. The number of sulfone groups is 1. The molecule has 0 N–H and O–H groups in total. The van der Waals surface area contributed by atoms with Gasteiger partial charge in [-0.3, -0.25) is 4.40 Å². The number of aromatic nitrogens is 3. The van der Waals surface area contributed by atoms with Crippen LogP contribution in [0.4, 0.5) is 0 Å². The van der Waals surface area contributed by atoms with E-state index in [9.17, 15) is 8.42 Å². The van der Waals surface area contributed by atoms with Crippen molar-refractivity contribution in [1.82, 2.24) is 14.4 Å². The van der Waals surface area contributed by atoms with E-state index in [-0.39, 0.29) is 0 Å². The van der Waals surface area contributed by atoms with Crippen molar-refractivity contribution in [2.45, 2.75) is 4.90 Å². The zero-order valence-corrected chi connectivity index (χ0v) is 14.3. The SMILES string of the molecule is CS(=O)(=O)c1ccc(-c2c(-c3ccccc3)nc3ncccn23)cc1. The summed E-state index contributed by atoms with van der Waals surface area (Å²) in [4.78, 5) is 9.29. The predicted molar refractivity (Wildman–Crippen MR) is 97.0 cm³/mol. The summed E-state index contributed by atoms with van der Waals surface area (Å²) < 4.78 is 25.3. The lowest BCUT2D eigenvalue weighted by atomic mass is 10.1. The molecule has 0 spiro atoms. The summed E-state index contributed by atoms with van der Waals surface area (Å²) in [6, 6.07) is 18.6. The van der Waals surface area contributed by atoms with Crippen molar-refractivity contribution in [2.24, 2.45) is 0 Å². The van der Waals surface area contributed by atoms with Crippen LogP contribution >= 0.6 is 0 Å². The molecule has 0 saturated heterocycles.